The van der Waals surface area contributed by atoms with Crippen LogP contribution in [0.5, 0.6) is 11.6 Å². The third-order valence-corrected chi connectivity index (χ3v) is 4.34. The molecule has 1 atom stereocenters. The number of aromatic nitrogens is 2. The van der Waals surface area contributed by atoms with Gasteiger partial charge in [0, 0.05) is 30.6 Å². The van der Waals surface area contributed by atoms with Crippen molar-refractivity contribution in [1.82, 2.24) is 9.97 Å². The maximum Gasteiger partial charge on any atom is 0.213 e. The Labute approximate surface area is 152 Å². The normalized spacial score (nSPS) is 16.6. The first kappa shape index (κ1) is 16.6. The maximum absolute atomic E-state index is 5.86. The van der Waals surface area contributed by atoms with Gasteiger partial charge in [0.05, 0.1) is 25.8 Å². The van der Waals surface area contributed by atoms with Gasteiger partial charge in [0.15, 0.2) is 0 Å². The molecule has 3 aromatic rings. The summed E-state index contributed by atoms with van der Waals surface area (Å²) in [4.78, 5) is 8.92. The van der Waals surface area contributed by atoms with E-state index in [2.05, 4.69) is 15.3 Å². The van der Waals surface area contributed by atoms with Crippen LogP contribution < -0.4 is 14.8 Å². The molecule has 0 bridgehead atoms. The van der Waals surface area contributed by atoms with Crippen LogP contribution in [0.3, 0.4) is 0 Å². The van der Waals surface area contributed by atoms with Crippen molar-refractivity contribution < 1.29 is 14.2 Å². The summed E-state index contributed by atoms with van der Waals surface area (Å²) in [5.41, 5.74) is 2.02. The molecule has 1 aromatic carbocycles. The van der Waals surface area contributed by atoms with Crippen LogP contribution in [0.1, 0.15) is 12.0 Å². The Morgan fingerprint density at radius 2 is 2.15 bits per heavy atom. The van der Waals surface area contributed by atoms with Gasteiger partial charge in [-0.1, -0.05) is 0 Å². The van der Waals surface area contributed by atoms with E-state index >= 15 is 0 Å². The first-order valence-electron chi connectivity index (χ1n) is 8.68. The summed E-state index contributed by atoms with van der Waals surface area (Å²) >= 11 is 0. The Kier molecular flexibility index (Phi) is 4.84. The molecule has 4 rings (SSSR count). The van der Waals surface area contributed by atoms with E-state index in [0.29, 0.717) is 19.0 Å². The molecule has 0 radical (unpaired) electrons. The minimum Gasteiger partial charge on any atom is -0.497 e. The van der Waals surface area contributed by atoms with Gasteiger partial charge in [0.2, 0.25) is 5.88 Å². The van der Waals surface area contributed by atoms with Gasteiger partial charge in [0.1, 0.15) is 17.7 Å². The highest BCUT2D eigenvalue weighted by Crippen LogP contribution is 2.21. The quantitative estimate of drug-likeness (QED) is 0.734. The lowest BCUT2D eigenvalue weighted by atomic mass is 10.2. The number of nitrogens with zero attached hydrogens (tertiary/aromatic N) is 2. The van der Waals surface area contributed by atoms with Crippen molar-refractivity contribution >= 4 is 16.7 Å². The fourth-order valence-corrected chi connectivity index (χ4v) is 2.92. The fourth-order valence-electron chi connectivity index (χ4n) is 2.92. The lowest BCUT2D eigenvalue weighted by Crippen LogP contribution is -2.16. The number of rotatable bonds is 6. The zero-order valence-electron chi connectivity index (χ0n) is 14.6. The molecule has 3 heterocycles. The van der Waals surface area contributed by atoms with Crippen molar-refractivity contribution in [2.24, 2.45) is 0 Å². The Morgan fingerprint density at radius 1 is 1.19 bits per heavy atom. The second-order valence-electron chi connectivity index (χ2n) is 6.21. The number of methoxy groups -OCH3 is 1. The van der Waals surface area contributed by atoms with Crippen LogP contribution in [0.4, 0.5) is 5.82 Å². The summed E-state index contributed by atoms with van der Waals surface area (Å²) in [7, 11) is 1.66. The van der Waals surface area contributed by atoms with E-state index in [1.165, 1.54) is 0 Å². The van der Waals surface area contributed by atoms with Gasteiger partial charge in [-0.3, -0.25) is 0 Å². The summed E-state index contributed by atoms with van der Waals surface area (Å²) in [5.74, 6) is 2.29. The van der Waals surface area contributed by atoms with Crippen LogP contribution in [-0.2, 0) is 11.3 Å². The summed E-state index contributed by atoms with van der Waals surface area (Å²) < 4.78 is 16.4. The minimum absolute atomic E-state index is 0.102. The Morgan fingerprint density at radius 3 is 3.00 bits per heavy atom. The van der Waals surface area contributed by atoms with E-state index in [0.717, 1.165) is 41.1 Å². The average molecular weight is 351 g/mol. The maximum atomic E-state index is 5.86. The number of anilines is 1. The van der Waals surface area contributed by atoms with Crippen molar-refractivity contribution in [2.45, 2.75) is 19.1 Å². The predicted octanol–water partition coefficient (Wildman–Crippen LogP) is 3.42. The lowest BCUT2D eigenvalue weighted by molar-refractivity contribution is 0.138. The van der Waals surface area contributed by atoms with Gasteiger partial charge >= 0.3 is 0 Å². The highest BCUT2D eigenvalue weighted by molar-refractivity contribution is 5.81. The van der Waals surface area contributed by atoms with E-state index in [4.69, 9.17) is 14.2 Å². The average Bonchev–Trinajstić information content (AvgIpc) is 3.19. The first-order valence-corrected chi connectivity index (χ1v) is 8.68. The van der Waals surface area contributed by atoms with E-state index in [1.807, 2.05) is 42.5 Å². The lowest BCUT2D eigenvalue weighted by Gasteiger charge is -2.12. The molecule has 2 aromatic heterocycles. The molecule has 1 saturated heterocycles. The first-order chi connectivity index (χ1) is 12.8. The summed E-state index contributed by atoms with van der Waals surface area (Å²) in [5, 5.41) is 4.40. The SMILES string of the molecule is COc1ccc2nc(NCc3ccnc(OC4CCOC4)c3)ccc2c1. The van der Waals surface area contributed by atoms with E-state index in [1.54, 1.807) is 13.3 Å². The number of hydrogen-bond acceptors (Lipinski definition) is 6. The molecule has 0 aliphatic carbocycles. The molecule has 134 valence electrons. The van der Waals surface area contributed by atoms with Crippen LogP contribution >= 0.6 is 0 Å². The molecule has 1 aliphatic heterocycles. The summed E-state index contributed by atoms with van der Waals surface area (Å²) in [6.07, 6.45) is 2.78. The number of ether oxygens (including phenoxy) is 3. The minimum atomic E-state index is 0.102. The van der Waals surface area contributed by atoms with E-state index in [-0.39, 0.29) is 6.10 Å². The molecule has 26 heavy (non-hydrogen) atoms. The molecular formula is C20H21N3O3. The van der Waals surface area contributed by atoms with Crippen LogP contribution in [-0.4, -0.2) is 36.4 Å². The van der Waals surface area contributed by atoms with E-state index < -0.39 is 0 Å². The van der Waals surface area contributed by atoms with Gasteiger partial charge < -0.3 is 19.5 Å². The highest BCUT2D eigenvalue weighted by Gasteiger charge is 2.17. The molecule has 0 amide bonds. The molecule has 1 N–H and O–H groups in total. The van der Waals surface area contributed by atoms with Gasteiger partial charge in [-0.15, -0.1) is 0 Å². The standard InChI is InChI=1S/C20H21N3O3/c1-24-16-3-4-18-15(11-16)2-5-19(23-18)22-12-14-6-8-21-20(10-14)26-17-7-9-25-13-17/h2-6,8,10-11,17H,7,9,12-13H2,1H3,(H,22,23). The van der Waals surface area contributed by atoms with Gasteiger partial charge in [-0.05, 0) is 42.0 Å². The van der Waals surface area contributed by atoms with Crippen molar-refractivity contribution in [3.05, 3.63) is 54.2 Å². The second-order valence-corrected chi connectivity index (χ2v) is 6.21. The van der Waals surface area contributed by atoms with Gasteiger partial charge in [-0.2, -0.15) is 0 Å². The van der Waals surface area contributed by atoms with Crippen molar-refractivity contribution in [3.63, 3.8) is 0 Å². The van der Waals surface area contributed by atoms with Crippen LogP contribution in [0.15, 0.2) is 48.7 Å². The Bertz CT molecular complexity index is 894. The van der Waals surface area contributed by atoms with Crippen molar-refractivity contribution in [2.75, 3.05) is 25.6 Å². The molecule has 1 aliphatic rings. The highest BCUT2D eigenvalue weighted by atomic mass is 16.5. The Balaban J connectivity index is 1.42. The molecule has 6 heteroatoms. The third kappa shape index (κ3) is 3.86. The molecule has 1 unspecified atom stereocenters. The summed E-state index contributed by atoms with van der Waals surface area (Å²) in [6.45, 7) is 2.04. The van der Waals surface area contributed by atoms with Gasteiger partial charge in [0.25, 0.3) is 0 Å². The number of hydrogen-bond donors (Lipinski definition) is 1. The monoisotopic (exact) mass is 351 g/mol. The third-order valence-electron chi connectivity index (χ3n) is 4.34. The number of benzene rings is 1. The molecule has 6 nitrogen and oxygen atoms in total. The predicted molar refractivity (Wildman–Crippen MR) is 99.7 cm³/mol. The van der Waals surface area contributed by atoms with E-state index in [9.17, 15) is 0 Å². The zero-order chi connectivity index (χ0) is 17.8. The molecular weight excluding hydrogens is 330 g/mol. The fraction of sp³-hybridized carbons (Fsp3) is 0.300. The molecule has 1 fully saturated rings. The van der Waals surface area contributed by atoms with Crippen LogP contribution in [0.2, 0.25) is 0 Å². The van der Waals surface area contributed by atoms with Gasteiger partial charge in [-0.25, -0.2) is 9.97 Å². The smallest absolute Gasteiger partial charge is 0.213 e. The summed E-state index contributed by atoms with van der Waals surface area (Å²) in [6, 6.07) is 13.8. The molecule has 0 saturated carbocycles. The number of nitrogens with one attached hydrogen (secondary N) is 1. The van der Waals surface area contributed by atoms with Crippen LogP contribution in [0, 0.1) is 0 Å². The van der Waals surface area contributed by atoms with Crippen LogP contribution in [0.25, 0.3) is 10.9 Å². The number of pyridine rings is 2. The van der Waals surface area contributed by atoms with Crippen molar-refractivity contribution in [1.29, 1.82) is 0 Å². The topological polar surface area (TPSA) is 65.5 Å². The zero-order valence-corrected chi connectivity index (χ0v) is 14.6. The largest absolute Gasteiger partial charge is 0.497 e. The Hall–Kier alpha value is -2.86. The second kappa shape index (κ2) is 7.58. The van der Waals surface area contributed by atoms with Crippen molar-refractivity contribution in [3.8, 4) is 11.6 Å². The number of fused-ring (bicyclic) bond motifs is 1. The molecule has 0 spiro atoms.